The molecule has 2 aliphatic rings. The first-order valence-electron chi connectivity index (χ1n) is 9.31. The summed E-state index contributed by atoms with van der Waals surface area (Å²) in [5.41, 5.74) is 6.17. The van der Waals surface area contributed by atoms with E-state index in [0.717, 1.165) is 8.95 Å². The summed E-state index contributed by atoms with van der Waals surface area (Å²) in [6.07, 6.45) is 2.85. The van der Waals surface area contributed by atoms with Crippen LogP contribution in [0.5, 0.6) is 23.0 Å². The van der Waals surface area contributed by atoms with Crippen molar-refractivity contribution in [1.29, 1.82) is 0 Å². The third-order valence-corrected chi connectivity index (χ3v) is 5.72. The lowest BCUT2D eigenvalue weighted by Crippen LogP contribution is -2.22. The van der Waals surface area contributed by atoms with E-state index >= 15 is 0 Å². The number of hydrogen-bond acceptors (Lipinski definition) is 8. The molecule has 12 heteroatoms. The first kappa shape index (κ1) is 22.1. The van der Waals surface area contributed by atoms with E-state index in [2.05, 4.69) is 52.9 Å². The van der Waals surface area contributed by atoms with E-state index in [9.17, 15) is 9.59 Å². The fourth-order valence-electron chi connectivity index (χ4n) is 2.75. The number of carbonyl (C=O) groups is 2. The highest BCUT2D eigenvalue weighted by atomic mass is 79.9. The van der Waals surface area contributed by atoms with Gasteiger partial charge in [0.1, 0.15) is 0 Å². The summed E-state index contributed by atoms with van der Waals surface area (Å²) in [7, 11) is 0. The van der Waals surface area contributed by atoms with Crippen LogP contribution in [0.1, 0.15) is 24.0 Å². The van der Waals surface area contributed by atoms with Crippen LogP contribution in [0, 0.1) is 0 Å². The van der Waals surface area contributed by atoms with Gasteiger partial charge in [-0.15, -0.1) is 0 Å². The zero-order valence-corrected chi connectivity index (χ0v) is 19.6. The average Bonchev–Trinajstić information content (AvgIpc) is 3.41. The van der Waals surface area contributed by atoms with Crippen molar-refractivity contribution >= 4 is 56.1 Å². The first-order chi connectivity index (χ1) is 15.5. The Hall–Kier alpha value is -3.12. The molecule has 0 atom stereocenters. The Morgan fingerprint density at radius 1 is 0.750 bits per heavy atom. The van der Waals surface area contributed by atoms with E-state index in [4.69, 9.17) is 18.9 Å². The summed E-state index contributed by atoms with van der Waals surface area (Å²) >= 11 is 6.81. The molecule has 2 amide bonds. The quantitative estimate of drug-likeness (QED) is 0.392. The van der Waals surface area contributed by atoms with Crippen LogP contribution in [0.25, 0.3) is 0 Å². The SMILES string of the molecule is O=C(CCC(=O)NN=Cc1cc2c(cc1Br)OCO2)NN=Cc1cc2c(cc1Br)OCO2. The van der Waals surface area contributed by atoms with E-state index in [1.807, 2.05) is 0 Å². The van der Waals surface area contributed by atoms with Crippen molar-refractivity contribution in [3.63, 3.8) is 0 Å². The highest BCUT2D eigenvalue weighted by Crippen LogP contribution is 2.37. The lowest BCUT2D eigenvalue weighted by Gasteiger charge is -2.03. The number of halogens is 2. The van der Waals surface area contributed by atoms with E-state index in [1.54, 1.807) is 24.3 Å². The Morgan fingerprint density at radius 2 is 1.12 bits per heavy atom. The van der Waals surface area contributed by atoms with Crippen LogP contribution in [-0.4, -0.2) is 37.8 Å². The number of nitrogens with zero attached hydrogens (tertiary/aromatic N) is 2. The number of hydrogen-bond donors (Lipinski definition) is 2. The molecule has 2 aromatic carbocycles. The minimum absolute atomic E-state index is 0.0469. The fourth-order valence-corrected chi connectivity index (χ4v) is 3.60. The highest BCUT2D eigenvalue weighted by Gasteiger charge is 2.16. The maximum Gasteiger partial charge on any atom is 0.240 e. The van der Waals surface area contributed by atoms with Crippen LogP contribution >= 0.6 is 31.9 Å². The van der Waals surface area contributed by atoms with Crippen molar-refractivity contribution in [2.75, 3.05) is 13.6 Å². The second kappa shape index (κ2) is 10.0. The predicted octanol–water partition coefficient (Wildman–Crippen LogP) is 3.05. The molecule has 0 unspecified atom stereocenters. The molecule has 2 aromatic rings. The molecule has 0 radical (unpaired) electrons. The zero-order chi connectivity index (χ0) is 22.5. The number of carbonyl (C=O) groups excluding carboxylic acids is 2. The second-order valence-corrected chi connectivity index (χ2v) is 8.25. The number of ether oxygens (including phenoxy) is 4. The lowest BCUT2D eigenvalue weighted by atomic mass is 10.2. The number of benzene rings is 2. The van der Waals surface area contributed by atoms with Crippen LogP contribution in [0.2, 0.25) is 0 Å². The molecule has 0 bridgehead atoms. The van der Waals surface area contributed by atoms with Gasteiger partial charge in [-0.05, 0) is 56.1 Å². The van der Waals surface area contributed by atoms with Gasteiger partial charge >= 0.3 is 0 Å². The Balaban J connectivity index is 1.21. The van der Waals surface area contributed by atoms with Gasteiger partial charge in [-0.2, -0.15) is 10.2 Å². The third kappa shape index (κ3) is 5.37. The zero-order valence-electron chi connectivity index (χ0n) is 16.4. The van der Waals surface area contributed by atoms with E-state index < -0.39 is 11.8 Å². The largest absolute Gasteiger partial charge is 0.454 e. The monoisotopic (exact) mass is 566 g/mol. The Morgan fingerprint density at radius 3 is 1.53 bits per heavy atom. The van der Waals surface area contributed by atoms with Gasteiger partial charge in [0.05, 0.1) is 12.4 Å². The molecule has 0 saturated heterocycles. The van der Waals surface area contributed by atoms with Gasteiger partial charge in [0.25, 0.3) is 0 Å². The van der Waals surface area contributed by atoms with Gasteiger partial charge in [0, 0.05) is 32.9 Å². The Labute approximate surface area is 199 Å². The number of hydrazone groups is 2. The minimum atomic E-state index is -0.407. The average molecular weight is 568 g/mol. The molecule has 166 valence electrons. The van der Waals surface area contributed by atoms with Crippen molar-refractivity contribution in [3.8, 4) is 23.0 Å². The molecular weight excluding hydrogens is 552 g/mol. The number of amides is 2. The molecule has 10 nitrogen and oxygen atoms in total. The van der Waals surface area contributed by atoms with Crippen molar-refractivity contribution in [2.45, 2.75) is 12.8 Å². The number of nitrogens with one attached hydrogen (secondary N) is 2. The standard InChI is InChI=1S/C20H16Br2N4O6/c21-13-5-17-15(29-9-31-17)3-11(13)7-23-25-19(27)1-2-20(28)26-24-8-12-4-16-18(6-14(12)22)32-10-30-16/h3-8H,1-2,9-10H2,(H,25,27)(H,26,28). The maximum atomic E-state index is 11.9. The van der Waals surface area contributed by atoms with E-state index in [-0.39, 0.29) is 26.4 Å². The molecule has 32 heavy (non-hydrogen) atoms. The summed E-state index contributed by atoms with van der Waals surface area (Å²) < 4.78 is 22.7. The van der Waals surface area contributed by atoms with Gasteiger partial charge in [0.15, 0.2) is 23.0 Å². The third-order valence-electron chi connectivity index (χ3n) is 4.35. The van der Waals surface area contributed by atoms with Crippen LogP contribution in [0.4, 0.5) is 0 Å². The normalized spacial score (nSPS) is 13.7. The number of fused-ring (bicyclic) bond motifs is 2. The summed E-state index contributed by atoms with van der Waals surface area (Å²) in [5, 5.41) is 7.81. The van der Waals surface area contributed by atoms with Gasteiger partial charge in [0.2, 0.25) is 25.4 Å². The smallest absolute Gasteiger partial charge is 0.240 e. The van der Waals surface area contributed by atoms with Crippen molar-refractivity contribution in [3.05, 3.63) is 44.3 Å². The molecule has 0 aromatic heterocycles. The fraction of sp³-hybridized carbons (Fsp3) is 0.200. The molecular formula is C20H16Br2N4O6. The van der Waals surface area contributed by atoms with Crippen LogP contribution in [0.15, 0.2) is 43.4 Å². The molecule has 0 fully saturated rings. The predicted molar refractivity (Wildman–Crippen MR) is 121 cm³/mol. The van der Waals surface area contributed by atoms with E-state index in [0.29, 0.717) is 34.1 Å². The Kier molecular flexibility index (Phi) is 6.90. The lowest BCUT2D eigenvalue weighted by molar-refractivity contribution is -0.126. The summed E-state index contributed by atoms with van der Waals surface area (Å²) in [6, 6.07) is 7.01. The topological polar surface area (TPSA) is 120 Å². The summed E-state index contributed by atoms with van der Waals surface area (Å²) in [4.78, 5) is 23.9. The maximum absolute atomic E-state index is 11.9. The molecule has 0 spiro atoms. The molecule has 2 N–H and O–H groups in total. The Bertz CT molecular complexity index is 1030. The van der Waals surface area contributed by atoms with Crippen molar-refractivity contribution in [1.82, 2.24) is 10.9 Å². The number of rotatable bonds is 7. The highest BCUT2D eigenvalue weighted by molar-refractivity contribution is 9.10. The first-order valence-corrected chi connectivity index (χ1v) is 10.9. The van der Waals surface area contributed by atoms with Crippen LogP contribution in [0.3, 0.4) is 0 Å². The van der Waals surface area contributed by atoms with Gasteiger partial charge in [-0.25, -0.2) is 10.9 Å². The minimum Gasteiger partial charge on any atom is -0.454 e. The summed E-state index contributed by atoms with van der Waals surface area (Å²) in [6.45, 7) is 0.332. The van der Waals surface area contributed by atoms with Crippen LogP contribution < -0.4 is 29.8 Å². The molecule has 0 aliphatic carbocycles. The molecule has 0 saturated carbocycles. The van der Waals surface area contributed by atoms with Crippen LogP contribution in [-0.2, 0) is 9.59 Å². The van der Waals surface area contributed by atoms with Crippen molar-refractivity contribution in [2.24, 2.45) is 10.2 Å². The van der Waals surface area contributed by atoms with Gasteiger partial charge in [-0.1, -0.05) is 0 Å². The summed E-state index contributed by atoms with van der Waals surface area (Å²) in [5.74, 6) is 1.67. The van der Waals surface area contributed by atoms with Gasteiger partial charge < -0.3 is 18.9 Å². The molecule has 2 aliphatic heterocycles. The van der Waals surface area contributed by atoms with Crippen molar-refractivity contribution < 1.29 is 28.5 Å². The molecule has 2 heterocycles. The van der Waals surface area contributed by atoms with E-state index in [1.165, 1.54) is 12.4 Å². The molecule has 4 rings (SSSR count). The second-order valence-electron chi connectivity index (χ2n) is 6.54. The van der Waals surface area contributed by atoms with Gasteiger partial charge in [-0.3, -0.25) is 9.59 Å².